The van der Waals surface area contributed by atoms with E-state index in [1.165, 1.54) is 10.9 Å². The lowest BCUT2D eigenvalue weighted by atomic mass is 10.1. The number of rotatable bonds is 5. The fourth-order valence-corrected chi connectivity index (χ4v) is 2.47. The summed E-state index contributed by atoms with van der Waals surface area (Å²) in [6.07, 6.45) is 1.61. The van der Waals surface area contributed by atoms with Gasteiger partial charge in [-0.05, 0) is 54.4 Å². The largest absolute Gasteiger partial charge is 0.311 e. The fourth-order valence-electron chi connectivity index (χ4n) is 2.47. The van der Waals surface area contributed by atoms with Gasteiger partial charge in [0.1, 0.15) is 17.5 Å². The smallest absolute Gasteiger partial charge is 0.225 e. The van der Waals surface area contributed by atoms with Crippen molar-refractivity contribution in [2.45, 2.75) is 12.8 Å². The average Bonchev–Trinajstić information content (AvgIpc) is 3.10. The van der Waals surface area contributed by atoms with Crippen LogP contribution in [-0.4, -0.2) is 15.7 Å². The van der Waals surface area contributed by atoms with Crippen molar-refractivity contribution < 1.29 is 13.6 Å². The Kier molecular flexibility index (Phi) is 5.04. The first-order valence-electron chi connectivity index (χ1n) is 7.85. The molecule has 0 radical (unpaired) electrons. The van der Waals surface area contributed by atoms with Crippen molar-refractivity contribution in [2.24, 2.45) is 0 Å². The molecule has 1 N–H and O–H groups in total. The molecule has 1 heterocycles. The molecule has 0 fully saturated rings. The summed E-state index contributed by atoms with van der Waals surface area (Å²) in [6.45, 7) is 0. The fraction of sp³-hybridized carbons (Fsp3) is 0.105. The summed E-state index contributed by atoms with van der Waals surface area (Å²) in [7, 11) is 0. The number of halogens is 2. The number of aryl methyl sites for hydroxylation is 1. The van der Waals surface area contributed by atoms with E-state index >= 15 is 0 Å². The average molecular weight is 352 g/mol. The van der Waals surface area contributed by atoms with Gasteiger partial charge < -0.3 is 5.32 Å². The number of benzene rings is 2. The summed E-state index contributed by atoms with van der Waals surface area (Å²) in [4.78, 5) is 12.2. The molecule has 0 atom stereocenters. The summed E-state index contributed by atoms with van der Waals surface area (Å²) in [5, 5.41) is 15.7. The standard InChI is InChI=1S/C19H14F2N4O/c20-15-4-7-17(21)14(11-15)3-8-19(26)24-18-9-10-23-25(18)16-5-1-13(12-22)2-6-16/h1-2,4-7,9-11H,3,8H2,(H,24,26). The van der Waals surface area contributed by atoms with E-state index in [0.29, 0.717) is 17.1 Å². The molecule has 7 heteroatoms. The highest BCUT2D eigenvalue weighted by Crippen LogP contribution is 2.17. The molecular formula is C19H14F2N4O. The summed E-state index contributed by atoms with van der Waals surface area (Å²) in [6, 6.07) is 13.5. The van der Waals surface area contributed by atoms with E-state index in [2.05, 4.69) is 10.4 Å². The van der Waals surface area contributed by atoms with Crippen LogP contribution in [0.3, 0.4) is 0 Å². The molecule has 0 unspecified atom stereocenters. The second-order valence-electron chi connectivity index (χ2n) is 5.57. The molecule has 1 amide bonds. The lowest BCUT2D eigenvalue weighted by Gasteiger charge is -2.09. The van der Waals surface area contributed by atoms with E-state index in [-0.39, 0.29) is 24.3 Å². The zero-order chi connectivity index (χ0) is 18.5. The number of amides is 1. The van der Waals surface area contributed by atoms with Crippen LogP contribution >= 0.6 is 0 Å². The van der Waals surface area contributed by atoms with Crippen molar-refractivity contribution in [1.82, 2.24) is 9.78 Å². The molecule has 5 nitrogen and oxygen atoms in total. The van der Waals surface area contributed by atoms with Gasteiger partial charge in [0.05, 0.1) is 23.5 Å². The molecule has 0 aliphatic carbocycles. The van der Waals surface area contributed by atoms with Crippen LogP contribution in [0.1, 0.15) is 17.5 Å². The zero-order valence-electron chi connectivity index (χ0n) is 13.6. The number of anilines is 1. The number of hydrogen-bond acceptors (Lipinski definition) is 3. The van der Waals surface area contributed by atoms with E-state index in [0.717, 1.165) is 18.2 Å². The Morgan fingerprint density at radius 3 is 2.65 bits per heavy atom. The summed E-state index contributed by atoms with van der Waals surface area (Å²) in [5.74, 6) is -0.981. The Morgan fingerprint density at radius 2 is 1.92 bits per heavy atom. The van der Waals surface area contributed by atoms with Crippen molar-refractivity contribution in [3.05, 3.63) is 77.5 Å². The number of hydrogen-bond donors (Lipinski definition) is 1. The minimum Gasteiger partial charge on any atom is -0.311 e. The van der Waals surface area contributed by atoms with Gasteiger partial charge in [-0.15, -0.1) is 0 Å². The van der Waals surface area contributed by atoms with Gasteiger partial charge in [0.25, 0.3) is 0 Å². The predicted octanol–water partition coefficient (Wildman–Crippen LogP) is 3.59. The molecule has 3 aromatic rings. The maximum absolute atomic E-state index is 13.6. The van der Waals surface area contributed by atoms with Gasteiger partial charge in [-0.1, -0.05) is 0 Å². The number of nitrogens with one attached hydrogen (secondary N) is 1. The van der Waals surface area contributed by atoms with Crippen LogP contribution in [-0.2, 0) is 11.2 Å². The zero-order valence-corrected chi connectivity index (χ0v) is 13.6. The molecule has 0 aliphatic rings. The van der Waals surface area contributed by atoms with Crippen LogP contribution in [0.15, 0.2) is 54.7 Å². The molecule has 130 valence electrons. The first kappa shape index (κ1) is 17.3. The van der Waals surface area contributed by atoms with Gasteiger partial charge in [0, 0.05) is 12.5 Å². The normalized spacial score (nSPS) is 10.3. The van der Waals surface area contributed by atoms with Gasteiger partial charge in [-0.2, -0.15) is 10.4 Å². The molecule has 0 spiro atoms. The molecule has 2 aromatic carbocycles. The molecule has 3 rings (SSSR count). The molecular weight excluding hydrogens is 338 g/mol. The Morgan fingerprint density at radius 1 is 1.15 bits per heavy atom. The molecule has 26 heavy (non-hydrogen) atoms. The van der Waals surface area contributed by atoms with Crippen LogP contribution < -0.4 is 5.32 Å². The van der Waals surface area contributed by atoms with Gasteiger partial charge in [0.2, 0.25) is 5.91 Å². The number of nitriles is 1. The number of carbonyl (C=O) groups is 1. The third-order valence-corrected chi connectivity index (χ3v) is 3.78. The molecule has 0 bridgehead atoms. The van der Waals surface area contributed by atoms with E-state index in [1.807, 2.05) is 6.07 Å². The van der Waals surface area contributed by atoms with Crippen LogP contribution in [0.25, 0.3) is 5.69 Å². The Balaban J connectivity index is 1.67. The highest BCUT2D eigenvalue weighted by molar-refractivity contribution is 5.90. The number of aromatic nitrogens is 2. The topological polar surface area (TPSA) is 70.7 Å². The highest BCUT2D eigenvalue weighted by Gasteiger charge is 2.11. The number of carbonyl (C=O) groups excluding carboxylic acids is 1. The highest BCUT2D eigenvalue weighted by atomic mass is 19.1. The van der Waals surface area contributed by atoms with E-state index in [9.17, 15) is 13.6 Å². The summed E-state index contributed by atoms with van der Waals surface area (Å²) < 4.78 is 28.3. The predicted molar refractivity (Wildman–Crippen MR) is 91.6 cm³/mol. The second-order valence-corrected chi connectivity index (χ2v) is 5.57. The SMILES string of the molecule is N#Cc1ccc(-n2nccc2NC(=O)CCc2cc(F)ccc2F)cc1. The minimum atomic E-state index is -0.541. The monoisotopic (exact) mass is 352 g/mol. The summed E-state index contributed by atoms with van der Waals surface area (Å²) >= 11 is 0. The van der Waals surface area contributed by atoms with Crippen molar-refractivity contribution in [3.8, 4) is 11.8 Å². The Labute approximate surface area is 148 Å². The van der Waals surface area contributed by atoms with Crippen LogP contribution in [0, 0.1) is 23.0 Å². The van der Waals surface area contributed by atoms with E-state index in [4.69, 9.17) is 5.26 Å². The van der Waals surface area contributed by atoms with Crippen LogP contribution in [0.2, 0.25) is 0 Å². The molecule has 0 aliphatic heterocycles. The third-order valence-electron chi connectivity index (χ3n) is 3.78. The van der Waals surface area contributed by atoms with E-state index in [1.54, 1.807) is 30.3 Å². The van der Waals surface area contributed by atoms with Gasteiger partial charge >= 0.3 is 0 Å². The molecule has 0 saturated heterocycles. The first-order chi connectivity index (χ1) is 12.6. The maximum atomic E-state index is 13.6. The second kappa shape index (κ2) is 7.57. The molecule has 0 saturated carbocycles. The lowest BCUT2D eigenvalue weighted by molar-refractivity contribution is -0.116. The van der Waals surface area contributed by atoms with Gasteiger partial charge in [-0.3, -0.25) is 4.79 Å². The van der Waals surface area contributed by atoms with Crippen molar-refractivity contribution in [3.63, 3.8) is 0 Å². The molecule has 1 aromatic heterocycles. The lowest BCUT2D eigenvalue weighted by Crippen LogP contribution is -2.15. The Hall–Kier alpha value is -3.53. The van der Waals surface area contributed by atoms with Crippen molar-refractivity contribution in [1.29, 1.82) is 5.26 Å². The van der Waals surface area contributed by atoms with Crippen LogP contribution in [0.4, 0.5) is 14.6 Å². The van der Waals surface area contributed by atoms with Gasteiger partial charge in [0.15, 0.2) is 0 Å². The number of nitrogens with zero attached hydrogens (tertiary/aromatic N) is 3. The van der Waals surface area contributed by atoms with E-state index < -0.39 is 11.6 Å². The van der Waals surface area contributed by atoms with Crippen molar-refractivity contribution in [2.75, 3.05) is 5.32 Å². The first-order valence-corrected chi connectivity index (χ1v) is 7.85. The quantitative estimate of drug-likeness (QED) is 0.763. The Bertz CT molecular complexity index is 974. The summed E-state index contributed by atoms with van der Waals surface area (Å²) in [5.41, 5.74) is 1.35. The van der Waals surface area contributed by atoms with Gasteiger partial charge in [-0.25, -0.2) is 13.5 Å². The van der Waals surface area contributed by atoms with Crippen LogP contribution in [0.5, 0.6) is 0 Å². The third kappa shape index (κ3) is 3.92. The van der Waals surface area contributed by atoms with Crippen molar-refractivity contribution >= 4 is 11.7 Å². The minimum absolute atomic E-state index is 0.00107. The maximum Gasteiger partial charge on any atom is 0.225 e.